The molecule has 0 aliphatic carbocycles. The summed E-state index contributed by atoms with van der Waals surface area (Å²) < 4.78 is 74.3. The molecule has 132 heavy (non-hydrogen) atoms. The van der Waals surface area contributed by atoms with E-state index in [1.807, 2.05) is 295 Å². The maximum Gasteiger partial charge on any atom is 0.336 e. The van der Waals surface area contributed by atoms with Gasteiger partial charge in [0.1, 0.15) is 126 Å². The number of esters is 1. The van der Waals surface area contributed by atoms with Crippen LogP contribution in [0.2, 0.25) is 0 Å². The van der Waals surface area contributed by atoms with Crippen molar-refractivity contribution in [3.8, 4) is 40.2 Å². The third kappa shape index (κ3) is 22.6. The van der Waals surface area contributed by atoms with E-state index < -0.39 is 0 Å². The van der Waals surface area contributed by atoms with E-state index in [1.54, 1.807) is 24.3 Å². The fourth-order valence-electron chi connectivity index (χ4n) is 15.4. The summed E-state index contributed by atoms with van der Waals surface area (Å²) in [5.74, 6) is 5.43. The van der Waals surface area contributed by atoms with Gasteiger partial charge in [0.2, 0.25) is 0 Å². The average Bonchev–Trinajstić information content (AvgIpc) is 1.15. The molecule has 0 saturated carbocycles. The first-order valence-corrected chi connectivity index (χ1v) is 43.1. The summed E-state index contributed by atoms with van der Waals surface area (Å²) >= 11 is 0. The molecule has 0 spiro atoms. The van der Waals surface area contributed by atoms with Gasteiger partial charge in [-0.05, 0) is 219 Å². The van der Waals surface area contributed by atoms with Crippen LogP contribution in [0.3, 0.4) is 0 Å². The van der Waals surface area contributed by atoms with E-state index >= 15 is 0 Å². The van der Waals surface area contributed by atoms with Crippen molar-refractivity contribution in [2.45, 2.75) is 86.5 Å². The second kappa shape index (κ2) is 41.4. The normalized spacial score (nSPS) is 11.0. The Bertz CT molecular complexity index is 7610. The zero-order valence-corrected chi connectivity index (χ0v) is 72.8. The minimum Gasteiger partial charge on any atom is -0.489 e. The highest BCUT2D eigenvalue weighted by molar-refractivity contribution is 5.88. The third-order valence-electron chi connectivity index (χ3n) is 22.3. The van der Waals surface area contributed by atoms with Gasteiger partial charge < -0.3 is 60.0 Å². The van der Waals surface area contributed by atoms with Gasteiger partial charge in [-0.15, -0.1) is 0 Å². The number of fused-ring (bicyclic) bond motifs is 7. The lowest BCUT2D eigenvalue weighted by atomic mass is 10.0. The summed E-state index contributed by atoms with van der Waals surface area (Å²) in [7, 11) is 0. The van der Waals surface area contributed by atoms with E-state index in [0.29, 0.717) is 85.0 Å². The number of carbonyl (C=O) groups excluding carboxylic acids is 1. The van der Waals surface area contributed by atoms with Crippen molar-refractivity contribution in [2.75, 3.05) is 0 Å². The van der Waals surface area contributed by atoms with Gasteiger partial charge in [0.05, 0.1) is 6.42 Å². The Morgan fingerprint density at radius 2 is 0.568 bits per heavy atom. The minimum absolute atomic E-state index is 0.194. The van der Waals surface area contributed by atoms with Gasteiger partial charge in [-0.25, -0.2) is 19.2 Å². The van der Waals surface area contributed by atoms with Crippen molar-refractivity contribution < 1.29 is 64.8 Å². The van der Waals surface area contributed by atoms with E-state index in [0.717, 1.165) is 139 Å². The summed E-state index contributed by atoms with van der Waals surface area (Å²) in [6.45, 7) is 10.2. The fourth-order valence-corrected chi connectivity index (χ4v) is 15.4. The van der Waals surface area contributed by atoms with E-state index in [4.69, 9.17) is 60.0 Å². The lowest BCUT2D eigenvalue weighted by molar-refractivity contribution is -0.144. The predicted molar refractivity (Wildman–Crippen MR) is 514 cm³/mol. The molecule has 5 heterocycles. The zero-order chi connectivity index (χ0) is 90.7. The van der Waals surface area contributed by atoms with Gasteiger partial charge in [-0.2, -0.15) is 0 Å². The Morgan fingerprint density at radius 1 is 0.250 bits per heavy atom. The van der Waals surface area contributed by atoms with Crippen LogP contribution in [0, 0.1) is 27.7 Å². The molecule has 15 aromatic carbocycles. The van der Waals surface area contributed by atoms with Crippen molar-refractivity contribution in [1.29, 1.82) is 0 Å². The van der Waals surface area contributed by atoms with Crippen molar-refractivity contribution in [3.63, 3.8) is 0 Å². The van der Waals surface area contributed by atoms with E-state index in [9.17, 15) is 24.0 Å². The molecule has 0 atom stereocenters. The van der Waals surface area contributed by atoms with E-state index in [1.165, 1.54) is 35.0 Å². The molecule has 0 fully saturated rings. The fraction of sp³-hybridized carbons (Fsp3) is 0.114. The number of rotatable bonds is 26. The number of furan rings is 1. The Morgan fingerprint density at radius 3 is 0.970 bits per heavy atom. The number of ether oxygens (including phenoxy) is 8. The Balaban J connectivity index is 0.000000123. The van der Waals surface area contributed by atoms with Gasteiger partial charge in [0.25, 0.3) is 0 Å². The molecule has 0 bridgehead atoms. The molecular weight excluding hydrogens is 1660 g/mol. The first-order valence-electron chi connectivity index (χ1n) is 43.1. The summed E-state index contributed by atoms with van der Waals surface area (Å²) in [6, 6.07) is 118. The molecule has 20 rings (SSSR count). The quantitative estimate of drug-likeness (QED) is 0.0363. The minimum atomic E-state index is -0.376. The van der Waals surface area contributed by atoms with Crippen LogP contribution >= 0.6 is 0 Å². The van der Waals surface area contributed by atoms with Crippen molar-refractivity contribution >= 4 is 82.4 Å². The molecule has 18 heteroatoms. The number of benzene rings is 15. The first kappa shape index (κ1) is 87.3. The van der Waals surface area contributed by atoms with Crippen molar-refractivity contribution in [2.24, 2.45) is 0 Å². The number of carbonyl (C=O) groups is 1. The maximum atomic E-state index is 12.4. The zero-order valence-electron chi connectivity index (χ0n) is 72.8. The Labute approximate surface area is 759 Å². The number of para-hydroxylation sites is 1. The highest BCUT2D eigenvalue weighted by Crippen LogP contribution is 2.34. The van der Waals surface area contributed by atoms with Gasteiger partial charge >= 0.3 is 28.5 Å². The van der Waals surface area contributed by atoms with Gasteiger partial charge in [-0.1, -0.05) is 224 Å². The first-order chi connectivity index (χ1) is 64.5. The topological polar surface area (TPSA) is 225 Å². The molecule has 654 valence electrons. The lowest BCUT2D eigenvalue weighted by Crippen LogP contribution is -2.09. The summed E-state index contributed by atoms with van der Waals surface area (Å²) in [5, 5.41) is 9.30. The number of hydrogen-bond acceptors (Lipinski definition) is 18. The van der Waals surface area contributed by atoms with Crippen LogP contribution in [-0.4, -0.2) is 5.97 Å². The van der Waals surface area contributed by atoms with Crippen molar-refractivity contribution in [1.82, 2.24) is 0 Å². The monoisotopic (exact) mass is 1750 g/mol. The summed E-state index contributed by atoms with van der Waals surface area (Å²) in [5.41, 5.74) is 14.2. The molecule has 0 radical (unpaired) electrons. The SMILES string of the molecule is Cc1cc(=O)oc2cc(OCc3ccc(CC(=O)OCc4cccc5ccccc45)cc3)ccc12.Cc1cc(=O)oc2cc(OCc3ccc(OC(c4ccccc4)c4ccccc4)cc3)ccc12.Cc1cc(=O)oc2cc(OCc3ccc(OCc4cc5ccccc5o4)cc3)ccc12.Cc1cc(=O)oc2cc(OCc3ccc(OCc4cccc5ccccc45)cc3)ccc12. The maximum absolute atomic E-state index is 12.4. The second-order valence-corrected chi connectivity index (χ2v) is 31.8. The molecule has 0 unspecified atom stereocenters. The van der Waals surface area contributed by atoms with Gasteiger partial charge in [0.15, 0.2) is 0 Å². The summed E-state index contributed by atoms with van der Waals surface area (Å²) in [6.07, 6.45) is 0.00909. The Hall–Kier alpha value is -16.7. The molecule has 0 amide bonds. The van der Waals surface area contributed by atoms with Crippen LogP contribution in [0.5, 0.6) is 40.2 Å². The number of hydrogen-bond donors (Lipinski definition) is 0. The largest absolute Gasteiger partial charge is 0.489 e. The molecule has 0 aliphatic heterocycles. The Kier molecular flexibility index (Phi) is 27.4. The van der Waals surface area contributed by atoms with Crippen LogP contribution in [0.4, 0.5) is 0 Å². The standard InChI is InChI=1S/C30H24O5.C30H24O4.C28H22O4.C26H20O5/c1-20-15-30(32)35-28-17-25(13-14-26(20)28)33-18-22-11-9-21(10-12-22)16-29(31)34-19-24-7-4-6-23-5-2-3-8-27(23)24;1-21-18-29(31)34-28-19-26(16-17-27(21)28)32-20-22-12-14-25(15-13-22)33-30(23-8-4-2-5-9-23)24-10-6-3-7-11-24;1-19-15-28(29)32-27-16-24(13-14-25(19)27)30-17-20-9-11-23(12-10-20)31-18-22-7-4-6-21-5-2-3-8-26(21)22;1-17-12-26(27)31-25-14-21(10-11-23(17)25)28-15-18-6-8-20(9-7-18)29-16-22-13-19-4-2-3-5-24(19)30-22/h2-15,17H,16,18-19H2,1H3;2-19,30H,20H2,1H3;2-16H,17-18H2,1H3;2-14H,15-16H2,1H3. The predicted octanol–water partition coefficient (Wildman–Crippen LogP) is 25.4. The van der Waals surface area contributed by atoms with E-state index in [-0.39, 0.29) is 47.6 Å². The molecule has 18 nitrogen and oxygen atoms in total. The van der Waals surface area contributed by atoms with Crippen LogP contribution in [0.1, 0.15) is 84.2 Å². The van der Waals surface area contributed by atoms with Crippen LogP contribution < -0.4 is 55.7 Å². The highest BCUT2D eigenvalue weighted by Gasteiger charge is 2.18. The summed E-state index contributed by atoms with van der Waals surface area (Å²) in [4.78, 5) is 58.9. The molecular formula is C114H90O18. The number of aryl methyl sites for hydroxylation is 4. The molecule has 0 aliphatic rings. The van der Waals surface area contributed by atoms with Crippen LogP contribution in [0.25, 0.3) is 76.4 Å². The molecule has 5 aromatic heterocycles. The van der Waals surface area contributed by atoms with Crippen molar-refractivity contribution in [3.05, 3.63) is 490 Å². The van der Waals surface area contributed by atoms with Gasteiger partial charge in [0, 0.05) is 75.5 Å². The highest BCUT2D eigenvalue weighted by atomic mass is 16.5. The third-order valence-corrected chi connectivity index (χ3v) is 22.3. The lowest BCUT2D eigenvalue weighted by Gasteiger charge is -2.20. The molecule has 0 N–H and O–H groups in total. The second-order valence-electron chi connectivity index (χ2n) is 31.8. The average molecular weight is 1750 g/mol. The van der Waals surface area contributed by atoms with Crippen LogP contribution in [-0.2, 0) is 62.2 Å². The van der Waals surface area contributed by atoms with Gasteiger partial charge in [-0.3, -0.25) is 4.79 Å². The molecule has 20 aromatic rings. The van der Waals surface area contributed by atoms with Crippen LogP contribution in [0.15, 0.2) is 411 Å². The van der Waals surface area contributed by atoms with E-state index in [2.05, 4.69) is 54.6 Å². The molecule has 0 saturated heterocycles. The smallest absolute Gasteiger partial charge is 0.336 e.